The van der Waals surface area contributed by atoms with Crippen LogP contribution in [0.2, 0.25) is 0 Å². The molecule has 7 nitrogen and oxygen atoms in total. The van der Waals surface area contributed by atoms with E-state index in [0.29, 0.717) is 0 Å². The highest BCUT2D eigenvalue weighted by Crippen LogP contribution is 2.29. The molecule has 1 aliphatic carbocycles. The lowest BCUT2D eigenvalue weighted by atomic mass is 9.84. The summed E-state index contributed by atoms with van der Waals surface area (Å²) in [5.41, 5.74) is -0.464. The normalized spacial score (nSPS) is 13.1. The van der Waals surface area contributed by atoms with Gasteiger partial charge in [0.25, 0.3) is 5.56 Å². The van der Waals surface area contributed by atoms with Crippen molar-refractivity contribution in [1.82, 2.24) is 14.1 Å². The first-order valence-corrected chi connectivity index (χ1v) is 7.20. The molecule has 0 bridgehead atoms. The molecule has 0 saturated heterocycles. The van der Waals surface area contributed by atoms with Gasteiger partial charge in [0.15, 0.2) is 11.6 Å². The zero-order valence-electron chi connectivity index (χ0n) is 12.9. The van der Waals surface area contributed by atoms with Crippen LogP contribution < -0.4 is 11.2 Å². The summed E-state index contributed by atoms with van der Waals surface area (Å²) < 4.78 is 2.10. The lowest BCUT2D eigenvalue weighted by Gasteiger charge is -2.19. The van der Waals surface area contributed by atoms with E-state index in [0.717, 1.165) is 4.57 Å². The van der Waals surface area contributed by atoms with Crippen LogP contribution in [0.1, 0.15) is 31.8 Å². The van der Waals surface area contributed by atoms with Gasteiger partial charge in [-0.3, -0.25) is 23.5 Å². The van der Waals surface area contributed by atoms with Gasteiger partial charge in [-0.15, -0.1) is 0 Å². The zero-order valence-corrected chi connectivity index (χ0v) is 12.9. The molecular weight excluding hydrogens is 310 g/mol. The number of carbonyl (C=O) groups excluding carboxylic acids is 2. The number of nitrogens with zero attached hydrogens (tertiary/aromatic N) is 3. The minimum atomic E-state index is -0.641. The van der Waals surface area contributed by atoms with Gasteiger partial charge in [0.05, 0.1) is 16.5 Å². The van der Waals surface area contributed by atoms with Crippen LogP contribution in [0, 0.1) is 0 Å². The number of rotatable bonds is 0. The second-order valence-corrected chi connectivity index (χ2v) is 5.66. The third kappa shape index (κ3) is 1.58. The Morgan fingerprint density at radius 1 is 0.833 bits per heavy atom. The highest BCUT2D eigenvalue weighted by molar-refractivity contribution is 6.31. The maximum Gasteiger partial charge on any atom is 0.332 e. The number of aromatic nitrogens is 3. The van der Waals surface area contributed by atoms with Crippen LogP contribution >= 0.6 is 0 Å². The minimum Gasteiger partial charge on any atom is -0.289 e. The van der Waals surface area contributed by atoms with Crippen molar-refractivity contribution in [3.8, 4) is 0 Å². The van der Waals surface area contributed by atoms with Gasteiger partial charge in [-0.2, -0.15) is 0 Å². The number of ketones is 2. The Balaban J connectivity index is 2.25. The number of pyridine rings is 1. The number of carbonyl (C=O) groups is 2. The molecule has 0 N–H and O–H groups in total. The van der Waals surface area contributed by atoms with E-state index in [1.165, 1.54) is 24.9 Å². The number of benzene rings is 1. The smallest absolute Gasteiger partial charge is 0.289 e. The first kappa shape index (κ1) is 14.3. The van der Waals surface area contributed by atoms with Crippen molar-refractivity contribution in [3.05, 3.63) is 73.6 Å². The maximum atomic E-state index is 12.9. The summed E-state index contributed by atoms with van der Waals surface area (Å²) in [7, 11) is 2.79. The van der Waals surface area contributed by atoms with Gasteiger partial charge in [-0.05, 0) is 0 Å². The lowest BCUT2D eigenvalue weighted by molar-refractivity contribution is 0.0980. The van der Waals surface area contributed by atoms with Crippen LogP contribution in [0.5, 0.6) is 0 Å². The molecular formula is C17H11N3O4. The van der Waals surface area contributed by atoms with Crippen LogP contribution in [0.4, 0.5) is 0 Å². The van der Waals surface area contributed by atoms with E-state index < -0.39 is 17.0 Å². The summed E-state index contributed by atoms with van der Waals surface area (Å²) in [6.45, 7) is 0. The van der Waals surface area contributed by atoms with Crippen molar-refractivity contribution in [2.75, 3.05) is 0 Å². The Kier molecular flexibility index (Phi) is 2.72. The van der Waals surface area contributed by atoms with Crippen LogP contribution in [-0.4, -0.2) is 25.7 Å². The van der Waals surface area contributed by atoms with Gasteiger partial charge in [0, 0.05) is 31.4 Å². The number of hydrogen-bond acceptors (Lipinski definition) is 5. The molecule has 0 spiro atoms. The molecule has 118 valence electrons. The second-order valence-electron chi connectivity index (χ2n) is 5.66. The summed E-state index contributed by atoms with van der Waals surface area (Å²) in [6.07, 6.45) is 1.26. The summed E-state index contributed by atoms with van der Waals surface area (Å²) in [5.74, 6) is -0.770. The molecule has 2 heterocycles. The van der Waals surface area contributed by atoms with Gasteiger partial charge in [-0.25, -0.2) is 9.78 Å². The first-order chi connectivity index (χ1) is 11.4. The maximum absolute atomic E-state index is 12.9. The fraction of sp³-hybridized carbons (Fsp3) is 0.118. The molecule has 2 aromatic heterocycles. The van der Waals surface area contributed by atoms with Gasteiger partial charge < -0.3 is 0 Å². The molecule has 0 amide bonds. The SMILES string of the molecule is Cn1c(=O)c2c3c(cnc2n(C)c1=O)C(=O)c1ccccc1C3=O. The summed E-state index contributed by atoms with van der Waals surface area (Å²) in [5, 5.41) is -0.00930. The van der Waals surface area contributed by atoms with Crippen molar-refractivity contribution in [2.45, 2.75) is 0 Å². The zero-order chi connectivity index (χ0) is 17.2. The summed E-state index contributed by atoms with van der Waals surface area (Å²) >= 11 is 0. The Bertz CT molecular complexity index is 1200. The lowest BCUT2D eigenvalue weighted by Crippen LogP contribution is -2.38. The van der Waals surface area contributed by atoms with E-state index in [9.17, 15) is 19.2 Å². The molecule has 7 heteroatoms. The quantitative estimate of drug-likeness (QED) is 0.468. The molecule has 0 atom stereocenters. The average Bonchev–Trinajstić information content (AvgIpc) is 2.61. The van der Waals surface area contributed by atoms with Crippen molar-refractivity contribution in [1.29, 1.82) is 0 Å². The number of fused-ring (bicyclic) bond motifs is 4. The molecule has 24 heavy (non-hydrogen) atoms. The fourth-order valence-corrected chi connectivity index (χ4v) is 3.10. The minimum absolute atomic E-state index is 0.00930. The standard InChI is InChI=1S/C17H11N3O4/c1-19-15-12(16(23)20(2)17(19)24)11-10(7-18-15)13(21)8-5-3-4-6-9(8)14(11)22/h3-7H,1-2H3. The van der Waals surface area contributed by atoms with E-state index in [4.69, 9.17) is 0 Å². The van der Waals surface area contributed by atoms with E-state index in [2.05, 4.69) is 4.98 Å². The molecule has 4 rings (SSSR count). The third-order valence-electron chi connectivity index (χ3n) is 4.36. The van der Waals surface area contributed by atoms with Gasteiger partial charge in [0.2, 0.25) is 0 Å². The molecule has 1 aromatic carbocycles. The van der Waals surface area contributed by atoms with Crippen LogP contribution in [0.25, 0.3) is 11.0 Å². The van der Waals surface area contributed by atoms with E-state index in [1.54, 1.807) is 24.3 Å². The van der Waals surface area contributed by atoms with Crippen LogP contribution in [-0.2, 0) is 14.1 Å². The molecule has 1 aliphatic rings. The Hall–Kier alpha value is -3.35. The van der Waals surface area contributed by atoms with Crippen molar-refractivity contribution in [3.63, 3.8) is 0 Å². The Morgan fingerprint density at radius 2 is 1.46 bits per heavy atom. The van der Waals surface area contributed by atoms with Crippen LogP contribution in [0.15, 0.2) is 40.1 Å². The Labute approximate surface area is 134 Å². The topological polar surface area (TPSA) is 91.0 Å². The average molecular weight is 321 g/mol. The first-order valence-electron chi connectivity index (χ1n) is 7.20. The summed E-state index contributed by atoms with van der Waals surface area (Å²) in [6, 6.07) is 6.46. The van der Waals surface area contributed by atoms with Gasteiger partial charge >= 0.3 is 5.69 Å². The van der Waals surface area contributed by atoms with Gasteiger partial charge in [-0.1, -0.05) is 24.3 Å². The highest BCUT2D eigenvalue weighted by Gasteiger charge is 2.33. The fourth-order valence-electron chi connectivity index (χ4n) is 3.10. The summed E-state index contributed by atoms with van der Waals surface area (Å²) in [4.78, 5) is 54.3. The molecule has 0 radical (unpaired) electrons. The molecule has 0 fully saturated rings. The largest absolute Gasteiger partial charge is 0.332 e. The predicted molar refractivity (Wildman–Crippen MR) is 85.5 cm³/mol. The number of hydrogen-bond donors (Lipinski definition) is 0. The highest BCUT2D eigenvalue weighted by atomic mass is 16.2. The van der Waals surface area contributed by atoms with Gasteiger partial charge in [0.1, 0.15) is 5.65 Å². The van der Waals surface area contributed by atoms with E-state index in [-0.39, 0.29) is 39.1 Å². The predicted octanol–water partition coefficient (Wildman–Crippen LogP) is 0.408. The van der Waals surface area contributed by atoms with Crippen molar-refractivity contribution < 1.29 is 9.59 Å². The van der Waals surface area contributed by atoms with Crippen LogP contribution in [0.3, 0.4) is 0 Å². The van der Waals surface area contributed by atoms with E-state index in [1.807, 2.05) is 0 Å². The number of aryl methyl sites for hydroxylation is 1. The molecule has 0 unspecified atom stereocenters. The van der Waals surface area contributed by atoms with E-state index >= 15 is 0 Å². The third-order valence-corrected chi connectivity index (χ3v) is 4.36. The van der Waals surface area contributed by atoms with Crippen molar-refractivity contribution >= 4 is 22.6 Å². The molecule has 0 saturated carbocycles. The molecule has 3 aromatic rings. The monoisotopic (exact) mass is 321 g/mol. The van der Waals surface area contributed by atoms with Crippen molar-refractivity contribution in [2.24, 2.45) is 14.1 Å². The Morgan fingerprint density at radius 3 is 2.12 bits per heavy atom. The second kappa shape index (κ2) is 4.58. The molecule has 0 aliphatic heterocycles.